The van der Waals surface area contributed by atoms with Crippen LogP contribution in [0.4, 0.5) is 18.3 Å². The van der Waals surface area contributed by atoms with Crippen LogP contribution in [0.3, 0.4) is 0 Å². The molecule has 1 atom stereocenters. The zero-order valence-electron chi connectivity index (χ0n) is 13.8. The maximum absolute atomic E-state index is 13.6. The lowest BCUT2D eigenvalue weighted by Gasteiger charge is -2.32. The maximum atomic E-state index is 13.6. The normalized spacial score (nSPS) is 19.9. The smallest absolute Gasteiger partial charge is 0.438 e. The number of halogens is 4. The molecule has 0 amide bonds. The van der Waals surface area contributed by atoms with Gasteiger partial charge in [-0.1, -0.05) is 23.7 Å². The van der Waals surface area contributed by atoms with Gasteiger partial charge >= 0.3 is 12.1 Å². The number of nitrogens with zero attached hydrogens (tertiary/aromatic N) is 3. The predicted molar refractivity (Wildman–Crippen MR) is 94.2 cm³/mol. The molecule has 1 aliphatic rings. The number of ether oxygens (including phenoxy) is 1. The van der Waals surface area contributed by atoms with Gasteiger partial charge in [0.1, 0.15) is 0 Å². The molecule has 2 aromatic rings. The summed E-state index contributed by atoms with van der Waals surface area (Å²) in [7, 11) is 0. The number of aliphatic hydroxyl groups is 1. The van der Waals surface area contributed by atoms with Gasteiger partial charge in [0.05, 0.1) is 18.7 Å². The molecule has 1 N–H and O–H groups in total. The average Bonchev–Trinajstić information content (AvgIpc) is 3.20. The molecule has 0 saturated heterocycles. The van der Waals surface area contributed by atoms with Crippen LogP contribution in [0.1, 0.15) is 29.4 Å². The summed E-state index contributed by atoms with van der Waals surface area (Å²) in [4.78, 5) is 15.6. The number of hydrazone groups is 1. The number of aromatic nitrogens is 1. The Labute approximate surface area is 160 Å². The lowest BCUT2D eigenvalue weighted by atomic mass is 10.0. The summed E-state index contributed by atoms with van der Waals surface area (Å²) in [6, 6.07) is 6.04. The molecule has 27 heavy (non-hydrogen) atoms. The molecular formula is C16H13ClF3N3O3S. The first-order valence-electron chi connectivity index (χ1n) is 7.71. The van der Waals surface area contributed by atoms with Crippen molar-refractivity contribution < 1.29 is 27.8 Å². The number of hydrogen-bond acceptors (Lipinski definition) is 7. The zero-order chi connectivity index (χ0) is 19.8. The number of carbonyl (C=O) groups excluding carboxylic acids is 1. The van der Waals surface area contributed by atoms with Gasteiger partial charge in [-0.15, -0.1) is 11.3 Å². The molecule has 0 unspecified atom stereocenters. The molecule has 2 heterocycles. The van der Waals surface area contributed by atoms with E-state index < -0.39 is 24.3 Å². The molecule has 144 valence electrons. The van der Waals surface area contributed by atoms with Gasteiger partial charge < -0.3 is 9.84 Å². The van der Waals surface area contributed by atoms with Gasteiger partial charge in [-0.2, -0.15) is 23.3 Å². The Morgan fingerprint density at radius 3 is 2.67 bits per heavy atom. The van der Waals surface area contributed by atoms with E-state index >= 15 is 0 Å². The van der Waals surface area contributed by atoms with Crippen molar-refractivity contribution in [3.63, 3.8) is 0 Å². The molecule has 0 radical (unpaired) electrons. The summed E-state index contributed by atoms with van der Waals surface area (Å²) in [6.45, 7) is 1.69. The van der Waals surface area contributed by atoms with E-state index in [1.54, 1.807) is 6.92 Å². The third-order valence-electron chi connectivity index (χ3n) is 3.77. The average molecular weight is 420 g/mol. The molecule has 1 aromatic carbocycles. The fraction of sp³-hybridized carbons (Fsp3) is 0.312. The van der Waals surface area contributed by atoms with Crippen molar-refractivity contribution in [2.45, 2.75) is 25.2 Å². The van der Waals surface area contributed by atoms with Crippen LogP contribution in [0.15, 0.2) is 34.7 Å². The van der Waals surface area contributed by atoms with Crippen molar-refractivity contribution in [3.05, 3.63) is 45.9 Å². The van der Waals surface area contributed by atoms with Crippen LogP contribution < -0.4 is 5.01 Å². The van der Waals surface area contributed by atoms with Crippen molar-refractivity contribution in [2.24, 2.45) is 5.10 Å². The second-order valence-corrected chi connectivity index (χ2v) is 6.87. The fourth-order valence-electron chi connectivity index (χ4n) is 2.43. The summed E-state index contributed by atoms with van der Waals surface area (Å²) in [5.41, 5.74) is -3.05. The number of benzene rings is 1. The van der Waals surface area contributed by atoms with Crippen molar-refractivity contribution >= 4 is 39.8 Å². The van der Waals surface area contributed by atoms with E-state index in [0.29, 0.717) is 15.6 Å². The number of rotatable bonds is 4. The van der Waals surface area contributed by atoms with E-state index in [2.05, 4.69) is 10.1 Å². The Kier molecular flexibility index (Phi) is 5.15. The Morgan fingerprint density at radius 1 is 1.41 bits per heavy atom. The van der Waals surface area contributed by atoms with Crippen LogP contribution in [0, 0.1) is 0 Å². The summed E-state index contributed by atoms with van der Waals surface area (Å²) >= 11 is 6.54. The van der Waals surface area contributed by atoms with Crippen LogP contribution in [0.2, 0.25) is 5.02 Å². The van der Waals surface area contributed by atoms with Gasteiger partial charge in [0.15, 0.2) is 5.69 Å². The van der Waals surface area contributed by atoms with Gasteiger partial charge in [-0.25, -0.2) is 9.78 Å². The highest BCUT2D eigenvalue weighted by molar-refractivity contribution is 7.14. The molecular weight excluding hydrogens is 407 g/mol. The number of alkyl halides is 3. The van der Waals surface area contributed by atoms with E-state index in [4.69, 9.17) is 16.3 Å². The van der Waals surface area contributed by atoms with Gasteiger partial charge in [0, 0.05) is 10.4 Å². The quantitative estimate of drug-likeness (QED) is 0.762. The van der Waals surface area contributed by atoms with E-state index in [1.165, 1.54) is 29.6 Å². The van der Waals surface area contributed by atoms with E-state index in [9.17, 15) is 23.1 Å². The molecule has 6 nitrogen and oxygen atoms in total. The van der Waals surface area contributed by atoms with Crippen molar-refractivity contribution in [1.82, 2.24) is 4.98 Å². The van der Waals surface area contributed by atoms with Gasteiger partial charge in [0.2, 0.25) is 5.13 Å². The molecule has 1 aromatic heterocycles. The van der Waals surface area contributed by atoms with Crippen LogP contribution in [0.5, 0.6) is 0 Å². The lowest BCUT2D eigenvalue weighted by molar-refractivity contribution is -0.254. The van der Waals surface area contributed by atoms with Crippen molar-refractivity contribution in [3.8, 4) is 0 Å². The second kappa shape index (κ2) is 7.10. The predicted octanol–water partition coefficient (Wildman–Crippen LogP) is 3.84. The van der Waals surface area contributed by atoms with E-state index in [1.807, 2.05) is 0 Å². The Morgan fingerprint density at radius 2 is 2.07 bits per heavy atom. The summed E-state index contributed by atoms with van der Waals surface area (Å²) in [6.07, 6.45) is -5.81. The Balaban J connectivity index is 2.01. The first-order chi connectivity index (χ1) is 12.7. The summed E-state index contributed by atoms with van der Waals surface area (Å²) in [5, 5.41) is 16.1. The second-order valence-electron chi connectivity index (χ2n) is 5.59. The fourth-order valence-corrected chi connectivity index (χ4v) is 3.37. The minimum atomic E-state index is -5.01. The highest BCUT2D eigenvalue weighted by Gasteiger charge is 2.62. The molecule has 0 bridgehead atoms. The van der Waals surface area contributed by atoms with Crippen LogP contribution in [0.25, 0.3) is 0 Å². The standard InChI is InChI=1S/C16H13ClF3N3O3S/c1-2-26-13(24)12-8-27-14(21-12)23-15(25,16(18,19)20)7-11(22-23)9-3-5-10(17)6-4-9/h3-6,8,25H,2,7H2,1H3/t15-/m1/s1. The molecule has 0 spiro atoms. The van der Waals surface area contributed by atoms with E-state index in [-0.39, 0.29) is 23.1 Å². The Bertz CT molecular complexity index is 885. The highest BCUT2D eigenvalue weighted by Crippen LogP contribution is 2.44. The Hall–Kier alpha value is -2.17. The highest BCUT2D eigenvalue weighted by atomic mass is 35.5. The van der Waals surface area contributed by atoms with Crippen LogP contribution >= 0.6 is 22.9 Å². The number of carbonyl (C=O) groups is 1. The van der Waals surface area contributed by atoms with Crippen LogP contribution in [-0.2, 0) is 4.74 Å². The van der Waals surface area contributed by atoms with Crippen molar-refractivity contribution in [2.75, 3.05) is 11.6 Å². The van der Waals surface area contributed by atoms with Gasteiger partial charge in [-0.05, 0) is 24.6 Å². The number of thiazole rings is 1. The first kappa shape index (κ1) is 19.6. The molecule has 11 heteroatoms. The lowest BCUT2D eigenvalue weighted by Crippen LogP contribution is -2.55. The maximum Gasteiger partial charge on any atom is 0.438 e. The first-order valence-corrected chi connectivity index (χ1v) is 8.97. The molecule has 0 fully saturated rings. The number of hydrogen-bond donors (Lipinski definition) is 1. The molecule has 1 aliphatic heterocycles. The molecule has 0 saturated carbocycles. The minimum Gasteiger partial charge on any atom is -0.461 e. The molecule has 3 rings (SSSR count). The van der Waals surface area contributed by atoms with E-state index in [0.717, 1.165) is 11.3 Å². The number of anilines is 1. The van der Waals surface area contributed by atoms with Crippen LogP contribution in [-0.4, -0.2) is 40.3 Å². The topological polar surface area (TPSA) is 75.0 Å². The van der Waals surface area contributed by atoms with Gasteiger partial charge in [0.25, 0.3) is 5.72 Å². The third-order valence-corrected chi connectivity index (χ3v) is 4.84. The van der Waals surface area contributed by atoms with Crippen molar-refractivity contribution in [1.29, 1.82) is 0 Å². The number of esters is 1. The third kappa shape index (κ3) is 3.64. The largest absolute Gasteiger partial charge is 0.461 e. The zero-order valence-corrected chi connectivity index (χ0v) is 15.4. The minimum absolute atomic E-state index is 0.0133. The SMILES string of the molecule is CCOC(=O)c1csc(N2N=C(c3ccc(Cl)cc3)C[C@@]2(O)C(F)(F)F)n1. The van der Waals surface area contributed by atoms with Gasteiger partial charge in [-0.3, -0.25) is 0 Å². The summed E-state index contributed by atoms with van der Waals surface area (Å²) in [5.74, 6) is -0.767. The monoisotopic (exact) mass is 419 g/mol. The summed E-state index contributed by atoms with van der Waals surface area (Å²) < 4.78 is 45.6. The molecule has 0 aliphatic carbocycles.